The Labute approximate surface area is 189 Å². The summed E-state index contributed by atoms with van der Waals surface area (Å²) in [5, 5.41) is 8.95. The summed E-state index contributed by atoms with van der Waals surface area (Å²) in [4.78, 5) is 11.0. The molecule has 1 N–H and O–H groups in total. The van der Waals surface area contributed by atoms with Crippen LogP contribution >= 0.6 is 0 Å². The van der Waals surface area contributed by atoms with E-state index in [1.807, 2.05) is 0 Å². The molecule has 3 aromatic carbocycles. The summed E-state index contributed by atoms with van der Waals surface area (Å²) in [6.07, 6.45) is -7.37. The maximum absolute atomic E-state index is 13.2. The highest BCUT2D eigenvalue weighted by Crippen LogP contribution is 2.34. The Morgan fingerprint density at radius 2 is 1.53 bits per heavy atom. The molecule has 0 saturated carbocycles. The third-order valence-electron chi connectivity index (χ3n) is 4.54. The minimum Gasteiger partial charge on any atom is -0.488 e. The molecule has 3 rings (SSSR count). The van der Waals surface area contributed by atoms with E-state index in [9.17, 15) is 31.1 Å². The van der Waals surface area contributed by atoms with E-state index in [-0.39, 0.29) is 16.9 Å². The van der Waals surface area contributed by atoms with Crippen LogP contribution in [0.5, 0.6) is 11.5 Å². The summed E-state index contributed by atoms with van der Waals surface area (Å²) < 4.78 is 86.1. The van der Waals surface area contributed by atoms with Gasteiger partial charge in [-0.15, -0.1) is 13.2 Å². The van der Waals surface area contributed by atoms with Crippen LogP contribution in [0.1, 0.15) is 16.7 Å². The number of rotatable bonds is 7. The van der Waals surface area contributed by atoms with E-state index in [0.29, 0.717) is 11.1 Å². The van der Waals surface area contributed by atoms with Crippen LogP contribution in [0, 0.1) is 0 Å². The number of hydrogen-bond acceptors (Lipinski definition) is 3. The van der Waals surface area contributed by atoms with Crippen LogP contribution in [0.2, 0.25) is 0 Å². The first-order valence-electron chi connectivity index (χ1n) is 9.61. The van der Waals surface area contributed by atoms with E-state index in [1.54, 1.807) is 6.07 Å². The van der Waals surface area contributed by atoms with Crippen molar-refractivity contribution in [3.05, 3.63) is 89.5 Å². The zero-order valence-corrected chi connectivity index (χ0v) is 17.2. The molecule has 0 unspecified atom stereocenters. The predicted octanol–water partition coefficient (Wildman–Crippen LogP) is 6.95. The summed E-state index contributed by atoms with van der Waals surface area (Å²) in [5.41, 5.74) is 0.294. The SMILES string of the molecule is O=C(O)/C=C/c1cc(-c2ccc(OC(F)(F)F)cc2)ccc1OCc1ccccc1C(F)(F)F. The monoisotopic (exact) mass is 482 g/mol. The quantitative estimate of drug-likeness (QED) is 0.293. The van der Waals surface area contributed by atoms with Crippen molar-refractivity contribution in [2.45, 2.75) is 19.1 Å². The molecule has 0 aromatic heterocycles. The van der Waals surface area contributed by atoms with Gasteiger partial charge in [0.2, 0.25) is 0 Å². The maximum atomic E-state index is 13.2. The molecule has 0 radical (unpaired) electrons. The van der Waals surface area contributed by atoms with Gasteiger partial charge in [0.25, 0.3) is 0 Å². The molecular weight excluding hydrogens is 466 g/mol. The van der Waals surface area contributed by atoms with Crippen molar-refractivity contribution in [3.8, 4) is 22.6 Å². The Bertz CT molecular complexity index is 1180. The van der Waals surface area contributed by atoms with Crippen LogP contribution in [-0.4, -0.2) is 17.4 Å². The second kappa shape index (κ2) is 9.90. The van der Waals surface area contributed by atoms with Crippen LogP contribution in [-0.2, 0) is 17.6 Å². The highest BCUT2D eigenvalue weighted by Gasteiger charge is 2.33. The minimum absolute atomic E-state index is 0.104. The smallest absolute Gasteiger partial charge is 0.488 e. The number of benzene rings is 3. The zero-order chi connectivity index (χ0) is 24.9. The molecule has 0 aliphatic rings. The van der Waals surface area contributed by atoms with Crippen molar-refractivity contribution in [1.82, 2.24) is 0 Å². The molecule has 0 aliphatic carbocycles. The second-order valence-corrected chi connectivity index (χ2v) is 6.94. The molecule has 0 heterocycles. The van der Waals surface area contributed by atoms with Gasteiger partial charge in [0.05, 0.1) is 5.56 Å². The Hall–Kier alpha value is -3.95. The third kappa shape index (κ3) is 6.77. The number of ether oxygens (including phenoxy) is 2. The van der Waals surface area contributed by atoms with Crippen molar-refractivity contribution < 1.29 is 45.7 Å². The number of carboxylic acid groups (broad SMARTS) is 1. The first-order chi connectivity index (χ1) is 15.9. The molecule has 0 fully saturated rings. The van der Waals surface area contributed by atoms with Gasteiger partial charge < -0.3 is 14.6 Å². The van der Waals surface area contributed by atoms with Gasteiger partial charge >= 0.3 is 18.5 Å². The number of carboxylic acids is 1. The fraction of sp³-hybridized carbons (Fsp3) is 0.125. The Morgan fingerprint density at radius 1 is 0.882 bits per heavy atom. The number of aliphatic carboxylic acids is 1. The highest BCUT2D eigenvalue weighted by atomic mass is 19.4. The van der Waals surface area contributed by atoms with Crippen molar-refractivity contribution >= 4 is 12.0 Å². The topological polar surface area (TPSA) is 55.8 Å². The maximum Gasteiger partial charge on any atom is 0.573 e. The molecule has 0 atom stereocenters. The van der Waals surface area contributed by atoms with Gasteiger partial charge in [-0.2, -0.15) is 13.2 Å². The van der Waals surface area contributed by atoms with E-state index in [1.165, 1.54) is 48.5 Å². The van der Waals surface area contributed by atoms with Gasteiger partial charge in [-0.05, 0) is 47.5 Å². The lowest BCUT2D eigenvalue weighted by molar-refractivity contribution is -0.274. The van der Waals surface area contributed by atoms with Gasteiger partial charge in [-0.1, -0.05) is 36.4 Å². The molecule has 34 heavy (non-hydrogen) atoms. The highest BCUT2D eigenvalue weighted by molar-refractivity contribution is 5.86. The molecule has 0 amide bonds. The fourth-order valence-corrected chi connectivity index (χ4v) is 3.08. The van der Waals surface area contributed by atoms with Gasteiger partial charge in [-0.25, -0.2) is 4.79 Å². The average molecular weight is 482 g/mol. The molecule has 4 nitrogen and oxygen atoms in total. The summed E-state index contributed by atoms with van der Waals surface area (Å²) in [6.45, 7) is -0.424. The van der Waals surface area contributed by atoms with Gasteiger partial charge in [-0.3, -0.25) is 0 Å². The summed E-state index contributed by atoms with van der Waals surface area (Å²) >= 11 is 0. The van der Waals surface area contributed by atoms with E-state index in [4.69, 9.17) is 9.84 Å². The molecular formula is C24H16F6O4. The standard InChI is InChI=1S/C24H16F6O4/c25-23(26,27)20-4-2-1-3-18(20)14-33-21-11-7-16(13-17(21)8-12-22(31)32)15-5-9-19(10-6-15)34-24(28,29)30/h1-13H,14H2,(H,31,32)/b12-8+. The van der Waals surface area contributed by atoms with Crippen LogP contribution in [0.25, 0.3) is 17.2 Å². The molecule has 10 heteroatoms. The first-order valence-corrected chi connectivity index (χ1v) is 9.61. The summed E-state index contributed by atoms with van der Waals surface area (Å²) in [6, 6.07) is 14.4. The number of alkyl halides is 6. The fourth-order valence-electron chi connectivity index (χ4n) is 3.08. The Kier molecular flexibility index (Phi) is 7.19. The molecule has 0 saturated heterocycles. The van der Waals surface area contributed by atoms with Crippen LogP contribution in [0.15, 0.2) is 72.8 Å². The van der Waals surface area contributed by atoms with Gasteiger partial charge in [0.15, 0.2) is 0 Å². The lowest BCUT2D eigenvalue weighted by atomic mass is 10.0. The lowest BCUT2D eigenvalue weighted by Crippen LogP contribution is -2.16. The van der Waals surface area contributed by atoms with E-state index >= 15 is 0 Å². The number of hydrogen-bond donors (Lipinski definition) is 1. The van der Waals surface area contributed by atoms with E-state index in [2.05, 4.69) is 4.74 Å². The number of carbonyl (C=O) groups is 1. The Morgan fingerprint density at radius 3 is 2.15 bits per heavy atom. The third-order valence-corrected chi connectivity index (χ3v) is 4.54. The van der Waals surface area contributed by atoms with Crippen molar-refractivity contribution in [2.75, 3.05) is 0 Å². The largest absolute Gasteiger partial charge is 0.573 e. The predicted molar refractivity (Wildman–Crippen MR) is 111 cm³/mol. The zero-order valence-electron chi connectivity index (χ0n) is 17.2. The molecule has 0 bridgehead atoms. The van der Waals surface area contributed by atoms with Crippen LogP contribution in [0.3, 0.4) is 0 Å². The number of halogens is 6. The second-order valence-electron chi connectivity index (χ2n) is 6.94. The van der Waals surface area contributed by atoms with Crippen LogP contribution < -0.4 is 9.47 Å². The van der Waals surface area contributed by atoms with Gasteiger partial charge in [0.1, 0.15) is 18.1 Å². The van der Waals surface area contributed by atoms with Crippen molar-refractivity contribution in [3.63, 3.8) is 0 Å². The van der Waals surface area contributed by atoms with Crippen molar-refractivity contribution in [2.24, 2.45) is 0 Å². The van der Waals surface area contributed by atoms with Crippen LogP contribution in [0.4, 0.5) is 26.3 Å². The molecule has 3 aromatic rings. The molecule has 0 aliphatic heterocycles. The lowest BCUT2D eigenvalue weighted by Gasteiger charge is -2.15. The van der Waals surface area contributed by atoms with E-state index < -0.39 is 36.4 Å². The minimum atomic E-state index is -4.83. The van der Waals surface area contributed by atoms with E-state index in [0.717, 1.165) is 24.3 Å². The van der Waals surface area contributed by atoms with Crippen molar-refractivity contribution in [1.29, 1.82) is 0 Å². The summed E-state index contributed by atoms with van der Waals surface area (Å²) in [7, 11) is 0. The molecule has 0 spiro atoms. The average Bonchev–Trinajstić information content (AvgIpc) is 2.75. The summed E-state index contributed by atoms with van der Waals surface area (Å²) in [5.74, 6) is -1.55. The Balaban J connectivity index is 1.89. The first kappa shape index (κ1) is 24.7. The normalized spacial score (nSPS) is 12.1. The van der Waals surface area contributed by atoms with Gasteiger partial charge in [0, 0.05) is 17.2 Å². The molecule has 178 valence electrons.